The lowest BCUT2D eigenvalue weighted by Gasteiger charge is -2.22. The maximum atomic E-state index is 12.3. The lowest BCUT2D eigenvalue weighted by Crippen LogP contribution is -2.37. The molecule has 2 heterocycles. The summed E-state index contributed by atoms with van der Waals surface area (Å²) in [7, 11) is 0. The molecule has 1 aromatic carbocycles. The SMILES string of the molecule is CC1(CNC(=O)c2cc3ccccc3c(N)n2)CCCS1. The normalized spacial score (nSPS) is 21.6. The zero-order chi connectivity index (χ0) is 14.9. The van der Waals surface area contributed by atoms with Crippen LogP contribution in [0.4, 0.5) is 5.82 Å². The third-order valence-electron chi connectivity index (χ3n) is 3.93. The third-order valence-corrected chi connectivity index (χ3v) is 5.46. The molecule has 0 radical (unpaired) electrons. The average Bonchev–Trinajstić information content (AvgIpc) is 2.92. The highest BCUT2D eigenvalue weighted by molar-refractivity contribution is 8.00. The molecule has 5 heteroatoms. The Labute approximate surface area is 128 Å². The van der Waals surface area contributed by atoms with Crippen molar-refractivity contribution in [2.75, 3.05) is 18.0 Å². The number of amides is 1. The van der Waals surface area contributed by atoms with Gasteiger partial charge in [-0.05, 0) is 37.0 Å². The van der Waals surface area contributed by atoms with Crippen LogP contribution in [0.25, 0.3) is 10.8 Å². The van der Waals surface area contributed by atoms with E-state index in [9.17, 15) is 4.79 Å². The molecule has 1 unspecified atom stereocenters. The van der Waals surface area contributed by atoms with E-state index in [-0.39, 0.29) is 10.7 Å². The molecule has 3 N–H and O–H groups in total. The molecule has 0 bridgehead atoms. The highest BCUT2D eigenvalue weighted by Gasteiger charge is 2.30. The van der Waals surface area contributed by atoms with Crippen molar-refractivity contribution < 1.29 is 4.79 Å². The van der Waals surface area contributed by atoms with Gasteiger partial charge in [-0.15, -0.1) is 0 Å². The van der Waals surface area contributed by atoms with Gasteiger partial charge in [0.25, 0.3) is 5.91 Å². The largest absolute Gasteiger partial charge is 0.383 e. The van der Waals surface area contributed by atoms with Crippen LogP contribution in [0.3, 0.4) is 0 Å². The molecule has 0 saturated carbocycles. The van der Waals surface area contributed by atoms with E-state index in [2.05, 4.69) is 17.2 Å². The molecule has 1 atom stereocenters. The van der Waals surface area contributed by atoms with Crippen LogP contribution >= 0.6 is 11.8 Å². The van der Waals surface area contributed by atoms with Crippen molar-refractivity contribution in [2.45, 2.75) is 24.5 Å². The van der Waals surface area contributed by atoms with Gasteiger partial charge in [0.15, 0.2) is 0 Å². The number of anilines is 1. The fourth-order valence-electron chi connectivity index (χ4n) is 2.68. The number of thioether (sulfide) groups is 1. The van der Waals surface area contributed by atoms with Crippen LogP contribution in [-0.4, -0.2) is 27.9 Å². The monoisotopic (exact) mass is 301 g/mol. The van der Waals surface area contributed by atoms with Crippen molar-refractivity contribution in [3.05, 3.63) is 36.0 Å². The summed E-state index contributed by atoms with van der Waals surface area (Å²) in [6.45, 7) is 2.87. The van der Waals surface area contributed by atoms with Crippen molar-refractivity contribution in [3.8, 4) is 0 Å². The van der Waals surface area contributed by atoms with E-state index in [0.717, 1.165) is 17.2 Å². The van der Waals surface area contributed by atoms with Crippen molar-refractivity contribution in [2.24, 2.45) is 0 Å². The molecule has 3 rings (SSSR count). The maximum absolute atomic E-state index is 12.3. The fourth-order valence-corrected chi connectivity index (χ4v) is 3.92. The molecule has 2 aromatic rings. The fraction of sp³-hybridized carbons (Fsp3) is 0.375. The Bertz CT molecular complexity index is 680. The van der Waals surface area contributed by atoms with Crippen LogP contribution in [-0.2, 0) is 0 Å². The highest BCUT2D eigenvalue weighted by atomic mass is 32.2. The summed E-state index contributed by atoms with van der Waals surface area (Å²) in [6.07, 6.45) is 2.36. The predicted molar refractivity (Wildman–Crippen MR) is 88.6 cm³/mol. The Morgan fingerprint density at radius 1 is 1.48 bits per heavy atom. The number of nitrogens with zero attached hydrogens (tertiary/aromatic N) is 1. The number of nitrogens with one attached hydrogen (secondary N) is 1. The molecule has 1 aliphatic heterocycles. The number of nitrogen functional groups attached to an aromatic ring is 1. The number of hydrogen-bond acceptors (Lipinski definition) is 4. The first kappa shape index (κ1) is 14.2. The summed E-state index contributed by atoms with van der Waals surface area (Å²) in [5.74, 6) is 1.42. The number of fused-ring (bicyclic) bond motifs is 1. The summed E-state index contributed by atoms with van der Waals surface area (Å²) >= 11 is 1.93. The Morgan fingerprint density at radius 3 is 3.05 bits per heavy atom. The van der Waals surface area contributed by atoms with Gasteiger partial charge in [0.1, 0.15) is 11.5 Å². The first-order valence-corrected chi connectivity index (χ1v) is 8.13. The van der Waals surface area contributed by atoms with E-state index in [1.807, 2.05) is 36.0 Å². The molecule has 1 saturated heterocycles. The van der Waals surface area contributed by atoms with Crippen molar-refractivity contribution in [1.29, 1.82) is 0 Å². The molecule has 4 nitrogen and oxygen atoms in total. The smallest absolute Gasteiger partial charge is 0.270 e. The zero-order valence-electron chi connectivity index (χ0n) is 12.1. The van der Waals surface area contributed by atoms with Gasteiger partial charge in [0.05, 0.1) is 0 Å². The second-order valence-corrected chi connectivity index (χ2v) is 7.38. The molecule has 1 fully saturated rings. The third kappa shape index (κ3) is 2.97. The maximum Gasteiger partial charge on any atom is 0.270 e. The van der Waals surface area contributed by atoms with E-state index in [0.29, 0.717) is 18.1 Å². The van der Waals surface area contributed by atoms with Crippen molar-refractivity contribution in [1.82, 2.24) is 10.3 Å². The van der Waals surface area contributed by atoms with Crippen LogP contribution in [0, 0.1) is 0 Å². The first-order chi connectivity index (χ1) is 10.1. The standard InChI is InChI=1S/C16H19N3OS/c1-16(7-4-8-21-16)10-18-15(20)13-9-11-5-2-3-6-12(11)14(17)19-13/h2-3,5-6,9H,4,7-8,10H2,1H3,(H2,17,19)(H,18,20). The van der Waals surface area contributed by atoms with Crippen molar-refractivity contribution >= 4 is 34.3 Å². The van der Waals surface area contributed by atoms with E-state index in [1.165, 1.54) is 12.2 Å². The number of aromatic nitrogens is 1. The molecule has 110 valence electrons. The minimum Gasteiger partial charge on any atom is -0.383 e. The van der Waals surface area contributed by atoms with Crippen LogP contribution in [0.5, 0.6) is 0 Å². The summed E-state index contributed by atoms with van der Waals surface area (Å²) in [5.41, 5.74) is 6.33. The second-order valence-electron chi connectivity index (χ2n) is 5.70. The second kappa shape index (κ2) is 5.56. The number of nitrogens with two attached hydrogens (primary N) is 1. The van der Waals surface area contributed by atoms with Gasteiger partial charge < -0.3 is 11.1 Å². The van der Waals surface area contributed by atoms with Gasteiger partial charge >= 0.3 is 0 Å². The number of pyridine rings is 1. The molecular weight excluding hydrogens is 282 g/mol. The molecule has 0 spiro atoms. The Morgan fingerprint density at radius 2 is 2.29 bits per heavy atom. The Hall–Kier alpha value is -1.75. The number of benzene rings is 1. The average molecular weight is 301 g/mol. The quantitative estimate of drug-likeness (QED) is 0.914. The number of rotatable bonds is 3. The Kier molecular flexibility index (Phi) is 3.76. The van der Waals surface area contributed by atoms with Crippen LogP contribution in [0.15, 0.2) is 30.3 Å². The van der Waals surface area contributed by atoms with Gasteiger partial charge in [0.2, 0.25) is 0 Å². The molecule has 1 amide bonds. The highest BCUT2D eigenvalue weighted by Crippen LogP contribution is 2.37. The number of carbonyl (C=O) groups excluding carboxylic acids is 1. The van der Waals surface area contributed by atoms with Crippen LogP contribution in [0.2, 0.25) is 0 Å². The predicted octanol–water partition coefficient (Wildman–Crippen LogP) is 2.83. The van der Waals surface area contributed by atoms with Gasteiger partial charge in [-0.3, -0.25) is 4.79 Å². The minimum absolute atomic E-state index is 0.151. The summed E-state index contributed by atoms with van der Waals surface area (Å²) in [4.78, 5) is 16.5. The lowest BCUT2D eigenvalue weighted by molar-refractivity contribution is 0.0945. The van der Waals surface area contributed by atoms with E-state index in [1.54, 1.807) is 6.07 Å². The lowest BCUT2D eigenvalue weighted by atomic mass is 10.1. The van der Waals surface area contributed by atoms with E-state index in [4.69, 9.17) is 5.73 Å². The summed E-state index contributed by atoms with van der Waals surface area (Å²) < 4.78 is 0.151. The molecular formula is C16H19N3OS. The summed E-state index contributed by atoms with van der Waals surface area (Å²) in [5, 5.41) is 4.82. The molecule has 1 aliphatic rings. The molecule has 21 heavy (non-hydrogen) atoms. The zero-order valence-corrected chi connectivity index (χ0v) is 12.9. The van der Waals surface area contributed by atoms with E-state index < -0.39 is 0 Å². The molecule has 0 aliphatic carbocycles. The van der Waals surface area contributed by atoms with Crippen molar-refractivity contribution in [3.63, 3.8) is 0 Å². The van der Waals surface area contributed by atoms with Crippen LogP contribution < -0.4 is 11.1 Å². The topological polar surface area (TPSA) is 68.0 Å². The first-order valence-electron chi connectivity index (χ1n) is 7.15. The van der Waals surface area contributed by atoms with Crippen LogP contribution in [0.1, 0.15) is 30.3 Å². The van der Waals surface area contributed by atoms with Gasteiger partial charge in [-0.25, -0.2) is 4.98 Å². The Balaban J connectivity index is 1.78. The van der Waals surface area contributed by atoms with Gasteiger partial charge in [-0.2, -0.15) is 11.8 Å². The minimum atomic E-state index is -0.152. The van der Waals surface area contributed by atoms with Gasteiger partial charge in [0, 0.05) is 16.7 Å². The van der Waals surface area contributed by atoms with E-state index >= 15 is 0 Å². The molecule has 1 aromatic heterocycles. The van der Waals surface area contributed by atoms with Gasteiger partial charge in [-0.1, -0.05) is 24.3 Å². The summed E-state index contributed by atoms with van der Waals surface area (Å²) in [6, 6.07) is 9.50. The number of carbonyl (C=O) groups is 1. The number of hydrogen-bond donors (Lipinski definition) is 2.